The van der Waals surface area contributed by atoms with Crippen molar-refractivity contribution < 1.29 is 5.11 Å². The van der Waals surface area contributed by atoms with Crippen molar-refractivity contribution in [2.45, 2.75) is 19.8 Å². The summed E-state index contributed by atoms with van der Waals surface area (Å²) in [6, 6.07) is 7.31. The molecule has 1 unspecified atom stereocenters. The van der Waals surface area contributed by atoms with Crippen LogP contribution in [0.15, 0.2) is 36.8 Å². The van der Waals surface area contributed by atoms with Gasteiger partial charge in [0.15, 0.2) is 0 Å². The molecule has 2 aromatic heterocycles. The van der Waals surface area contributed by atoms with Crippen molar-refractivity contribution in [3.63, 3.8) is 0 Å². The fourth-order valence-electron chi connectivity index (χ4n) is 3.47. The van der Waals surface area contributed by atoms with Crippen LogP contribution in [0, 0.1) is 5.92 Å². The predicted molar refractivity (Wildman–Crippen MR) is 91.6 cm³/mol. The van der Waals surface area contributed by atoms with Crippen LogP contribution in [-0.2, 0) is 0 Å². The lowest BCUT2D eigenvalue weighted by Crippen LogP contribution is -2.35. The molecule has 3 heterocycles. The Bertz CT molecular complexity index is 842. The Hall–Kier alpha value is -2.56. The lowest BCUT2D eigenvalue weighted by Gasteiger charge is -2.32. The first kappa shape index (κ1) is 14.1. The van der Waals surface area contributed by atoms with Gasteiger partial charge in [-0.2, -0.15) is 0 Å². The van der Waals surface area contributed by atoms with E-state index in [4.69, 9.17) is 0 Å². The lowest BCUT2D eigenvalue weighted by atomic mass is 9.99. The number of rotatable bonds is 2. The van der Waals surface area contributed by atoms with Gasteiger partial charge in [-0.15, -0.1) is 0 Å². The second kappa shape index (κ2) is 5.57. The number of aromatic nitrogens is 3. The minimum absolute atomic E-state index is 0.266. The first-order valence-corrected chi connectivity index (χ1v) is 8.09. The van der Waals surface area contributed by atoms with Crippen molar-refractivity contribution in [1.82, 2.24) is 15.0 Å². The lowest BCUT2D eigenvalue weighted by molar-refractivity contribution is 0.445. The summed E-state index contributed by atoms with van der Waals surface area (Å²) < 4.78 is 0. The van der Waals surface area contributed by atoms with Crippen LogP contribution in [-0.4, -0.2) is 33.1 Å². The van der Waals surface area contributed by atoms with Gasteiger partial charge in [0.2, 0.25) is 0 Å². The number of aromatic amines is 1. The Morgan fingerprint density at radius 1 is 1.30 bits per heavy atom. The molecule has 0 saturated carbocycles. The summed E-state index contributed by atoms with van der Waals surface area (Å²) in [6.45, 7) is 4.34. The average Bonchev–Trinajstić information content (AvgIpc) is 2.99. The van der Waals surface area contributed by atoms with Gasteiger partial charge in [0.1, 0.15) is 23.5 Å². The van der Waals surface area contributed by atoms with E-state index in [1.807, 2.05) is 18.3 Å². The Labute approximate surface area is 135 Å². The number of phenols is 1. The standard InChI is InChI=1S/C18H20N4O/c1-12-4-3-7-22(10-12)18-16-15(9-19-17(16)20-11-21-18)13-5-2-6-14(23)8-13/h2,5-6,8-9,11-12,23H,3-4,7,10H2,1H3,(H,19,20,21). The van der Waals surface area contributed by atoms with Crippen molar-refractivity contribution in [3.8, 4) is 16.9 Å². The van der Waals surface area contributed by atoms with Crippen LogP contribution in [0.4, 0.5) is 5.82 Å². The molecule has 0 aliphatic carbocycles. The van der Waals surface area contributed by atoms with Crippen molar-refractivity contribution >= 4 is 16.9 Å². The maximum atomic E-state index is 9.78. The zero-order chi connectivity index (χ0) is 15.8. The van der Waals surface area contributed by atoms with E-state index in [0.717, 1.165) is 41.1 Å². The third kappa shape index (κ3) is 2.52. The second-order valence-electron chi connectivity index (χ2n) is 6.37. The minimum Gasteiger partial charge on any atom is -0.508 e. The summed E-state index contributed by atoms with van der Waals surface area (Å²) in [6.07, 6.45) is 6.04. The first-order chi connectivity index (χ1) is 11.2. The molecular formula is C18H20N4O. The number of hydrogen-bond acceptors (Lipinski definition) is 4. The molecule has 0 amide bonds. The van der Waals surface area contributed by atoms with E-state index in [1.54, 1.807) is 18.5 Å². The number of piperidine rings is 1. The van der Waals surface area contributed by atoms with E-state index in [9.17, 15) is 5.11 Å². The Balaban J connectivity index is 1.87. The fourth-order valence-corrected chi connectivity index (χ4v) is 3.47. The van der Waals surface area contributed by atoms with Crippen molar-refractivity contribution in [2.75, 3.05) is 18.0 Å². The number of aromatic hydroxyl groups is 1. The fraction of sp³-hybridized carbons (Fsp3) is 0.333. The molecule has 5 heteroatoms. The zero-order valence-corrected chi connectivity index (χ0v) is 13.2. The molecule has 1 saturated heterocycles. The van der Waals surface area contributed by atoms with E-state index in [0.29, 0.717) is 5.92 Å². The third-order valence-electron chi connectivity index (χ3n) is 4.56. The summed E-state index contributed by atoms with van der Waals surface area (Å²) in [4.78, 5) is 14.5. The number of nitrogens with one attached hydrogen (secondary N) is 1. The van der Waals surface area contributed by atoms with Crippen molar-refractivity contribution in [1.29, 1.82) is 0 Å². The highest BCUT2D eigenvalue weighted by Gasteiger charge is 2.22. The summed E-state index contributed by atoms with van der Waals surface area (Å²) in [5, 5.41) is 10.8. The van der Waals surface area contributed by atoms with Gasteiger partial charge in [0, 0.05) is 24.8 Å². The highest BCUT2D eigenvalue weighted by molar-refractivity contribution is 6.01. The molecule has 118 valence electrons. The first-order valence-electron chi connectivity index (χ1n) is 8.09. The highest BCUT2D eigenvalue weighted by atomic mass is 16.3. The molecule has 2 N–H and O–H groups in total. The molecule has 23 heavy (non-hydrogen) atoms. The molecule has 1 aliphatic heterocycles. The van der Waals surface area contributed by atoms with Crippen LogP contribution in [0.1, 0.15) is 19.8 Å². The third-order valence-corrected chi connectivity index (χ3v) is 4.56. The molecule has 4 rings (SSSR count). The van der Waals surface area contributed by atoms with Crippen LogP contribution in [0.5, 0.6) is 5.75 Å². The van der Waals surface area contributed by atoms with Crippen LogP contribution in [0.3, 0.4) is 0 Å². The van der Waals surface area contributed by atoms with Gasteiger partial charge >= 0.3 is 0 Å². The Morgan fingerprint density at radius 2 is 2.22 bits per heavy atom. The summed E-state index contributed by atoms with van der Waals surface area (Å²) in [5.41, 5.74) is 2.84. The van der Waals surface area contributed by atoms with Crippen LogP contribution < -0.4 is 4.90 Å². The second-order valence-corrected chi connectivity index (χ2v) is 6.37. The maximum Gasteiger partial charge on any atom is 0.143 e. The molecule has 5 nitrogen and oxygen atoms in total. The molecule has 1 atom stereocenters. The van der Waals surface area contributed by atoms with Gasteiger partial charge in [-0.3, -0.25) is 0 Å². The normalized spacial score (nSPS) is 18.5. The molecule has 3 aromatic rings. The molecule has 0 radical (unpaired) electrons. The van der Waals surface area contributed by atoms with Crippen molar-refractivity contribution in [2.24, 2.45) is 5.92 Å². The number of anilines is 1. The number of phenolic OH excluding ortho intramolecular Hbond substituents is 1. The van der Waals surface area contributed by atoms with Crippen LogP contribution >= 0.6 is 0 Å². The van der Waals surface area contributed by atoms with Gasteiger partial charge in [-0.1, -0.05) is 19.1 Å². The molecule has 1 fully saturated rings. The zero-order valence-electron chi connectivity index (χ0n) is 13.2. The van der Waals surface area contributed by atoms with E-state index in [2.05, 4.69) is 26.8 Å². The number of fused-ring (bicyclic) bond motifs is 1. The number of benzene rings is 1. The molecular weight excluding hydrogens is 288 g/mol. The van der Waals surface area contributed by atoms with Crippen LogP contribution in [0.2, 0.25) is 0 Å². The van der Waals surface area contributed by atoms with Gasteiger partial charge in [0.25, 0.3) is 0 Å². The van der Waals surface area contributed by atoms with E-state index < -0.39 is 0 Å². The molecule has 1 aromatic carbocycles. The quantitative estimate of drug-likeness (QED) is 0.759. The monoisotopic (exact) mass is 308 g/mol. The maximum absolute atomic E-state index is 9.78. The topological polar surface area (TPSA) is 65.0 Å². The van der Waals surface area contributed by atoms with Gasteiger partial charge in [0.05, 0.1) is 5.39 Å². The van der Waals surface area contributed by atoms with Crippen LogP contribution in [0.25, 0.3) is 22.2 Å². The average molecular weight is 308 g/mol. The summed E-state index contributed by atoms with van der Waals surface area (Å²) in [7, 11) is 0. The van der Waals surface area contributed by atoms with Crippen molar-refractivity contribution in [3.05, 3.63) is 36.8 Å². The summed E-state index contributed by atoms with van der Waals surface area (Å²) in [5.74, 6) is 1.93. The SMILES string of the molecule is CC1CCCN(c2ncnc3[nH]cc(-c4cccc(O)c4)c23)C1. The van der Waals surface area contributed by atoms with E-state index in [1.165, 1.54) is 12.8 Å². The molecule has 0 spiro atoms. The van der Waals surface area contributed by atoms with E-state index in [-0.39, 0.29) is 5.75 Å². The number of hydrogen-bond donors (Lipinski definition) is 2. The smallest absolute Gasteiger partial charge is 0.143 e. The Kier molecular flexibility index (Phi) is 3.41. The molecule has 0 bridgehead atoms. The van der Waals surface area contributed by atoms with Gasteiger partial charge in [-0.25, -0.2) is 9.97 Å². The van der Waals surface area contributed by atoms with Gasteiger partial charge in [-0.05, 0) is 36.5 Å². The number of H-pyrrole nitrogens is 1. The molecule has 1 aliphatic rings. The largest absolute Gasteiger partial charge is 0.508 e. The number of nitrogens with zero attached hydrogens (tertiary/aromatic N) is 3. The minimum atomic E-state index is 0.266. The predicted octanol–water partition coefficient (Wildman–Crippen LogP) is 3.57. The Morgan fingerprint density at radius 3 is 3.04 bits per heavy atom. The van der Waals surface area contributed by atoms with Gasteiger partial charge < -0.3 is 15.0 Å². The summed E-state index contributed by atoms with van der Waals surface area (Å²) >= 11 is 0. The van der Waals surface area contributed by atoms with E-state index >= 15 is 0 Å². The highest BCUT2D eigenvalue weighted by Crippen LogP contribution is 2.35.